The number of H-pyrrole nitrogens is 1. The zero-order valence-electron chi connectivity index (χ0n) is 10.6. The number of nitrogens with zero attached hydrogens (tertiary/aromatic N) is 1. The van der Waals surface area contributed by atoms with Crippen molar-refractivity contribution in [3.63, 3.8) is 0 Å². The molecule has 1 aromatic heterocycles. The third-order valence-corrected chi connectivity index (χ3v) is 3.22. The van der Waals surface area contributed by atoms with Crippen LogP contribution in [-0.2, 0) is 0 Å². The lowest BCUT2D eigenvalue weighted by Gasteiger charge is -2.09. The van der Waals surface area contributed by atoms with Gasteiger partial charge in [0.15, 0.2) is 0 Å². The van der Waals surface area contributed by atoms with Crippen molar-refractivity contribution in [2.24, 2.45) is 0 Å². The summed E-state index contributed by atoms with van der Waals surface area (Å²) in [5, 5.41) is 3.20. The monoisotopic (exact) mass is 275 g/mol. The highest BCUT2D eigenvalue weighted by Gasteiger charge is 2.16. The van der Waals surface area contributed by atoms with Gasteiger partial charge in [0, 0.05) is 11.4 Å². The molecule has 5 nitrogen and oxygen atoms in total. The van der Waals surface area contributed by atoms with Crippen molar-refractivity contribution in [1.29, 1.82) is 0 Å². The molecule has 2 N–H and O–H groups in total. The Bertz CT molecular complexity index is 653. The van der Waals surface area contributed by atoms with Gasteiger partial charge in [-0.3, -0.25) is 4.79 Å². The molecule has 0 fully saturated rings. The van der Waals surface area contributed by atoms with E-state index in [1.54, 1.807) is 25.3 Å². The first-order valence-corrected chi connectivity index (χ1v) is 6.85. The normalized spacial score (nSPS) is 10.2. The molecule has 0 aliphatic carbocycles. The van der Waals surface area contributed by atoms with Crippen LogP contribution in [0.1, 0.15) is 16.1 Å². The molecule has 19 heavy (non-hydrogen) atoms. The maximum atomic E-state index is 12.2. The number of hydrogen-bond donors (Lipinski definition) is 2. The smallest absolute Gasteiger partial charge is 0.322 e. The van der Waals surface area contributed by atoms with Gasteiger partial charge < -0.3 is 10.3 Å². The van der Waals surface area contributed by atoms with Crippen LogP contribution in [0.3, 0.4) is 0 Å². The molecule has 0 aliphatic rings. The molecule has 2 rings (SSSR count). The number of aromatic nitrogens is 2. The first kappa shape index (κ1) is 13.4. The minimum Gasteiger partial charge on any atom is -0.322 e. The van der Waals surface area contributed by atoms with E-state index < -0.39 is 5.69 Å². The molecule has 6 heteroatoms. The average Bonchev–Trinajstić information content (AvgIpc) is 2.38. The van der Waals surface area contributed by atoms with E-state index in [0.29, 0.717) is 22.0 Å². The Morgan fingerprint density at radius 1 is 1.32 bits per heavy atom. The summed E-state index contributed by atoms with van der Waals surface area (Å²) < 4.78 is 0. The number of carbonyl (C=O) groups is 1. The predicted molar refractivity (Wildman–Crippen MR) is 75.8 cm³/mol. The van der Waals surface area contributed by atoms with Gasteiger partial charge in [-0.2, -0.15) is 4.98 Å². The summed E-state index contributed by atoms with van der Waals surface area (Å²) >= 11 is 1.27. The highest BCUT2D eigenvalue weighted by Crippen LogP contribution is 2.19. The van der Waals surface area contributed by atoms with Crippen LogP contribution >= 0.6 is 11.8 Å². The van der Waals surface area contributed by atoms with Crippen molar-refractivity contribution in [2.75, 3.05) is 11.6 Å². The number of anilines is 1. The number of aromatic amines is 1. The topological polar surface area (TPSA) is 74.8 Å². The molecule has 1 amide bonds. The van der Waals surface area contributed by atoms with Gasteiger partial charge in [0.25, 0.3) is 5.91 Å². The molecule has 0 atom stereocenters. The van der Waals surface area contributed by atoms with Crippen LogP contribution in [0, 0.1) is 6.92 Å². The van der Waals surface area contributed by atoms with Crippen LogP contribution in [0.5, 0.6) is 0 Å². The average molecular weight is 275 g/mol. The summed E-state index contributed by atoms with van der Waals surface area (Å²) in [5.74, 6) is -0.281. The second-order valence-electron chi connectivity index (χ2n) is 3.87. The number of thioether (sulfide) groups is 1. The first-order chi connectivity index (χ1) is 9.11. The van der Waals surface area contributed by atoms with E-state index in [2.05, 4.69) is 15.3 Å². The zero-order chi connectivity index (χ0) is 13.8. The Hall–Kier alpha value is -2.08. The SMILES string of the molecule is CSc1nc(=O)[nH]c(C)c1C(=O)Nc1ccccc1. The number of rotatable bonds is 3. The van der Waals surface area contributed by atoms with Crippen LogP contribution < -0.4 is 11.0 Å². The highest BCUT2D eigenvalue weighted by molar-refractivity contribution is 7.98. The maximum absolute atomic E-state index is 12.2. The van der Waals surface area contributed by atoms with Crippen molar-refractivity contribution in [2.45, 2.75) is 11.9 Å². The van der Waals surface area contributed by atoms with E-state index in [1.807, 2.05) is 18.2 Å². The number of para-hydroxylation sites is 1. The maximum Gasteiger partial charge on any atom is 0.346 e. The Morgan fingerprint density at radius 2 is 2.00 bits per heavy atom. The fraction of sp³-hybridized carbons (Fsp3) is 0.154. The standard InChI is InChI=1S/C13H13N3O2S/c1-8-10(12(19-2)16-13(18)14-8)11(17)15-9-6-4-3-5-7-9/h3-7H,1-2H3,(H,15,17)(H,14,16,18). The third kappa shape index (κ3) is 3.03. The van der Waals surface area contributed by atoms with Gasteiger partial charge in [-0.05, 0) is 25.3 Å². The number of amides is 1. The van der Waals surface area contributed by atoms with Crippen LogP contribution in [-0.4, -0.2) is 22.1 Å². The zero-order valence-corrected chi connectivity index (χ0v) is 11.4. The van der Waals surface area contributed by atoms with Crippen molar-refractivity contribution in [3.8, 4) is 0 Å². The van der Waals surface area contributed by atoms with Crippen molar-refractivity contribution < 1.29 is 4.79 Å². The molecular weight excluding hydrogens is 262 g/mol. The second-order valence-corrected chi connectivity index (χ2v) is 4.67. The molecule has 0 bridgehead atoms. The number of hydrogen-bond acceptors (Lipinski definition) is 4. The Morgan fingerprint density at radius 3 is 2.63 bits per heavy atom. The van der Waals surface area contributed by atoms with E-state index in [9.17, 15) is 9.59 Å². The molecule has 0 unspecified atom stereocenters. The van der Waals surface area contributed by atoms with Crippen LogP contribution in [0.4, 0.5) is 5.69 Å². The Kier molecular flexibility index (Phi) is 4.01. The summed E-state index contributed by atoms with van der Waals surface area (Å²) in [7, 11) is 0. The highest BCUT2D eigenvalue weighted by atomic mass is 32.2. The van der Waals surface area contributed by atoms with E-state index in [-0.39, 0.29) is 5.91 Å². The predicted octanol–water partition coefficient (Wildman–Crippen LogP) is 2.05. The summed E-state index contributed by atoms with van der Waals surface area (Å²) in [4.78, 5) is 29.9. The summed E-state index contributed by atoms with van der Waals surface area (Å²) in [6.07, 6.45) is 1.78. The molecule has 0 saturated heterocycles. The lowest BCUT2D eigenvalue weighted by Crippen LogP contribution is -2.21. The number of benzene rings is 1. The van der Waals surface area contributed by atoms with E-state index in [0.717, 1.165) is 0 Å². The fourth-order valence-corrected chi connectivity index (χ4v) is 2.31. The first-order valence-electron chi connectivity index (χ1n) is 5.63. The fourth-order valence-electron chi connectivity index (χ4n) is 1.69. The van der Waals surface area contributed by atoms with Crippen LogP contribution in [0.25, 0.3) is 0 Å². The van der Waals surface area contributed by atoms with Crippen molar-refractivity contribution >= 4 is 23.4 Å². The summed E-state index contributed by atoms with van der Waals surface area (Å²) in [6.45, 7) is 1.68. The van der Waals surface area contributed by atoms with Gasteiger partial charge in [0.1, 0.15) is 5.03 Å². The number of aryl methyl sites for hydroxylation is 1. The summed E-state index contributed by atoms with van der Waals surface area (Å²) in [5.41, 5.74) is 1.16. The molecule has 0 radical (unpaired) electrons. The van der Waals surface area contributed by atoms with Crippen molar-refractivity contribution in [3.05, 3.63) is 52.1 Å². The van der Waals surface area contributed by atoms with Gasteiger partial charge in [-0.1, -0.05) is 18.2 Å². The number of carbonyl (C=O) groups excluding carboxylic acids is 1. The van der Waals surface area contributed by atoms with Gasteiger partial charge in [-0.15, -0.1) is 11.8 Å². The van der Waals surface area contributed by atoms with Gasteiger partial charge >= 0.3 is 5.69 Å². The van der Waals surface area contributed by atoms with E-state index in [4.69, 9.17) is 0 Å². The minimum atomic E-state index is -0.446. The molecule has 2 aromatic rings. The molecule has 1 aromatic carbocycles. The Balaban J connectivity index is 2.36. The second kappa shape index (κ2) is 5.71. The van der Waals surface area contributed by atoms with Crippen molar-refractivity contribution in [1.82, 2.24) is 9.97 Å². The summed E-state index contributed by atoms with van der Waals surface area (Å²) in [6, 6.07) is 9.14. The molecule has 0 saturated carbocycles. The molecule has 0 aliphatic heterocycles. The molecule has 1 heterocycles. The molecule has 98 valence electrons. The van der Waals surface area contributed by atoms with Crippen LogP contribution in [0.15, 0.2) is 40.2 Å². The van der Waals surface area contributed by atoms with Crippen LogP contribution in [0.2, 0.25) is 0 Å². The lowest BCUT2D eigenvalue weighted by molar-refractivity contribution is 0.102. The Labute approximate surface area is 114 Å². The lowest BCUT2D eigenvalue weighted by atomic mass is 10.2. The number of nitrogens with one attached hydrogen (secondary N) is 2. The largest absolute Gasteiger partial charge is 0.346 e. The van der Waals surface area contributed by atoms with Gasteiger partial charge in [-0.25, -0.2) is 4.79 Å². The molecule has 0 spiro atoms. The minimum absolute atomic E-state index is 0.281. The van der Waals surface area contributed by atoms with E-state index in [1.165, 1.54) is 11.8 Å². The van der Waals surface area contributed by atoms with Gasteiger partial charge in [0.2, 0.25) is 0 Å². The third-order valence-electron chi connectivity index (χ3n) is 2.54. The van der Waals surface area contributed by atoms with E-state index >= 15 is 0 Å². The van der Waals surface area contributed by atoms with Gasteiger partial charge in [0.05, 0.1) is 5.56 Å². The quantitative estimate of drug-likeness (QED) is 0.664. The molecular formula is C13H13N3O2S.